The van der Waals surface area contributed by atoms with Crippen LogP contribution >= 0.6 is 0 Å². The molecule has 1 rings (SSSR count). The number of nitrogens with two attached hydrogens (primary N) is 1. The van der Waals surface area contributed by atoms with Gasteiger partial charge in [0.1, 0.15) is 5.82 Å². The van der Waals surface area contributed by atoms with E-state index in [4.69, 9.17) is 5.73 Å². The van der Waals surface area contributed by atoms with E-state index in [2.05, 4.69) is 10.3 Å². The molecule has 1 amide bonds. The fraction of sp³-hybridized carbons (Fsp3) is 0.500. The van der Waals surface area contributed by atoms with Crippen molar-refractivity contribution in [2.75, 3.05) is 30.9 Å². The van der Waals surface area contributed by atoms with Crippen LogP contribution in [0.15, 0.2) is 18.3 Å². The summed E-state index contributed by atoms with van der Waals surface area (Å²) in [6.07, 6.45) is 2.39. The molecule has 0 saturated carbocycles. The van der Waals surface area contributed by atoms with Gasteiger partial charge in [0, 0.05) is 20.6 Å². The summed E-state index contributed by atoms with van der Waals surface area (Å²) < 4.78 is 0. The minimum Gasteiger partial charge on any atom is -0.363 e. The molecule has 1 aromatic heterocycles. The van der Waals surface area contributed by atoms with Crippen molar-refractivity contribution in [2.24, 2.45) is 11.7 Å². The average Bonchev–Trinajstić information content (AvgIpc) is 2.31. The second-order valence-electron chi connectivity index (χ2n) is 4.13. The molecule has 0 radical (unpaired) electrons. The lowest BCUT2D eigenvalue weighted by atomic mass is 10.1. The van der Waals surface area contributed by atoms with E-state index >= 15 is 0 Å². The fourth-order valence-corrected chi connectivity index (χ4v) is 1.43. The summed E-state index contributed by atoms with van der Waals surface area (Å²) in [5, 5.41) is 2.81. The van der Waals surface area contributed by atoms with Crippen LogP contribution in [0.3, 0.4) is 0 Å². The number of nitrogens with one attached hydrogen (secondary N) is 1. The molecule has 94 valence electrons. The van der Waals surface area contributed by atoms with Crippen LogP contribution in [-0.4, -0.2) is 31.5 Å². The smallest absolute Gasteiger partial charge is 0.228 e. The Morgan fingerprint density at radius 1 is 1.53 bits per heavy atom. The minimum atomic E-state index is -0.136. The molecule has 3 N–H and O–H groups in total. The van der Waals surface area contributed by atoms with Crippen LogP contribution in [-0.2, 0) is 4.79 Å². The molecule has 1 atom stereocenters. The van der Waals surface area contributed by atoms with E-state index in [0.717, 1.165) is 12.2 Å². The van der Waals surface area contributed by atoms with Gasteiger partial charge in [0.25, 0.3) is 0 Å². The lowest BCUT2D eigenvalue weighted by Crippen LogP contribution is -2.28. The van der Waals surface area contributed by atoms with E-state index in [1.54, 1.807) is 6.20 Å². The van der Waals surface area contributed by atoms with Crippen LogP contribution < -0.4 is 16.0 Å². The highest BCUT2D eigenvalue weighted by Gasteiger charge is 2.14. The van der Waals surface area contributed by atoms with E-state index in [1.807, 2.05) is 38.1 Å². The van der Waals surface area contributed by atoms with Gasteiger partial charge in [-0.05, 0) is 18.6 Å². The second-order valence-corrected chi connectivity index (χ2v) is 4.13. The maximum absolute atomic E-state index is 11.8. The van der Waals surface area contributed by atoms with Crippen molar-refractivity contribution in [3.63, 3.8) is 0 Å². The van der Waals surface area contributed by atoms with E-state index in [1.165, 1.54) is 0 Å². The van der Waals surface area contributed by atoms with Gasteiger partial charge in [-0.2, -0.15) is 0 Å². The van der Waals surface area contributed by atoms with Crippen LogP contribution in [0.25, 0.3) is 0 Å². The molecule has 0 aliphatic heterocycles. The van der Waals surface area contributed by atoms with Gasteiger partial charge in [0.2, 0.25) is 5.91 Å². The average molecular weight is 236 g/mol. The molecule has 0 spiro atoms. The summed E-state index contributed by atoms with van der Waals surface area (Å²) in [5.74, 6) is 0.673. The molecular weight excluding hydrogens is 216 g/mol. The van der Waals surface area contributed by atoms with E-state index in [0.29, 0.717) is 12.2 Å². The summed E-state index contributed by atoms with van der Waals surface area (Å²) in [7, 11) is 3.84. The lowest BCUT2D eigenvalue weighted by molar-refractivity contribution is -0.119. The Hall–Kier alpha value is -1.62. The van der Waals surface area contributed by atoms with Gasteiger partial charge in [-0.3, -0.25) is 4.79 Å². The number of nitrogens with zero attached hydrogens (tertiary/aromatic N) is 2. The van der Waals surface area contributed by atoms with E-state index in [-0.39, 0.29) is 11.8 Å². The van der Waals surface area contributed by atoms with Crippen molar-refractivity contribution in [3.8, 4) is 0 Å². The number of hydrogen-bond acceptors (Lipinski definition) is 4. The predicted molar refractivity (Wildman–Crippen MR) is 70.0 cm³/mol. The first kappa shape index (κ1) is 13.4. The van der Waals surface area contributed by atoms with E-state index < -0.39 is 0 Å². The summed E-state index contributed by atoms with van der Waals surface area (Å²) in [5.41, 5.74) is 6.22. The number of amides is 1. The number of hydrogen-bond donors (Lipinski definition) is 2. The number of anilines is 2. The molecule has 0 saturated heterocycles. The SMILES string of the molecule is CCC(CN)C(=O)Nc1ccc(N(C)C)nc1. The molecule has 0 aliphatic rings. The largest absolute Gasteiger partial charge is 0.363 e. The van der Waals surface area contributed by atoms with Crippen molar-refractivity contribution in [2.45, 2.75) is 13.3 Å². The third kappa shape index (κ3) is 3.71. The topological polar surface area (TPSA) is 71.2 Å². The van der Waals surface area contributed by atoms with E-state index in [9.17, 15) is 4.79 Å². The van der Waals surface area contributed by atoms with Gasteiger partial charge in [-0.25, -0.2) is 4.98 Å². The highest BCUT2D eigenvalue weighted by Crippen LogP contribution is 2.13. The number of rotatable bonds is 5. The third-order valence-corrected chi connectivity index (χ3v) is 2.62. The molecule has 5 heteroatoms. The number of aromatic nitrogens is 1. The zero-order valence-corrected chi connectivity index (χ0v) is 10.6. The third-order valence-electron chi connectivity index (χ3n) is 2.62. The highest BCUT2D eigenvalue weighted by molar-refractivity contribution is 5.92. The zero-order valence-electron chi connectivity index (χ0n) is 10.6. The molecular formula is C12H20N4O. The Balaban J connectivity index is 2.66. The summed E-state index contributed by atoms with van der Waals surface area (Å²) in [6.45, 7) is 2.32. The number of pyridine rings is 1. The van der Waals surface area contributed by atoms with Crippen LogP contribution in [0.5, 0.6) is 0 Å². The molecule has 1 heterocycles. The normalized spacial score (nSPS) is 12.0. The molecule has 0 aromatic carbocycles. The van der Waals surface area contributed by atoms with Crippen molar-refractivity contribution < 1.29 is 4.79 Å². The molecule has 1 unspecified atom stereocenters. The lowest BCUT2D eigenvalue weighted by Gasteiger charge is -2.14. The van der Waals surface area contributed by atoms with Gasteiger partial charge < -0.3 is 16.0 Å². The minimum absolute atomic E-state index is 0.0468. The van der Waals surface area contributed by atoms with Gasteiger partial charge >= 0.3 is 0 Å². The monoisotopic (exact) mass is 236 g/mol. The van der Waals surface area contributed by atoms with Crippen LogP contribution in [0, 0.1) is 5.92 Å². The number of carbonyl (C=O) groups excluding carboxylic acids is 1. The molecule has 0 bridgehead atoms. The van der Waals surface area contributed by atoms with Gasteiger partial charge in [0.15, 0.2) is 0 Å². The highest BCUT2D eigenvalue weighted by atomic mass is 16.1. The second kappa shape index (κ2) is 6.20. The van der Waals surface area contributed by atoms with Gasteiger partial charge in [-0.15, -0.1) is 0 Å². The molecule has 1 aromatic rings. The number of carbonyl (C=O) groups is 1. The van der Waals surface area contributed by atoms with Gasteiger partial charge in [-0.1, -0.05) is 6.92 Å². The Morgan fingerprint density at radius 2 is 2.24 bits per heavy atom. The quantitative estimate of drug-likeness (QED) is 0.802. The van der Waals surface area contributed by atoms with Crippen molar-refractivity contribution in [3.05, 3.63) is 18.3 Å². The maximum Gasteiger partial charge on any atom is 0.228 e. The molecule has 5 nitrogen and oxygen atoms in total. The Kier molecular flexibility index (Phi) is 4.90. The van der Waals surface area contributed by atoms with Crippen LogP contribution in [0.1, 0.15) is 13.3 Å². The summed E-state index contributed by atoms with van der Waals surface area (Å²) >= 11 is 0. The predicted octanol–water partition coefficient (Wildman–Crippen LogP) is 1.07. The standard InChI is InChI=1S/C12H20N4O/c1-4-9(7-13)12(17)15-10-5-6-11(14-8-10)16(2)3/h5-6,8-9H,4,7,13H2,1-3H3,(H,15,17). The van der Waals surface area contributed by atoms with Gasteiger partial charge in [0.05, 0.1) is 17.8 Å². The van der Waals surface area contributed by atoms with Crippen molar-refractivity contribution >= 4 is 17.4 Å². The molecule has 0 aliphatic carbocycles. The molecule has 0 fully saturated rings. The van der Waals surface area contributed by atoms with Crippen molar-refractivity contribution in [1.29, 1.82) is 0 Å². The molecule has 17 heavy (non-hydrogen) atoms. The first-order valence-corrected chi connectivity index (χ1v) is 5.72. The first-order valence-electron chi connectivity index (χ1n) is 5.72. The first-order chi connectivity index (χ1) is 8.08. The Bertz CT molecular complexity index is 357. The maximum atomic E-state index is 11.8. The fourth-order valence-electron chi connectivity index (χ4n) is 1.43. The van der Waals surface area contributed by atoms with Crippen LogP contribution in [0.2, 0.25) is 0 Å². The Morgan fingerprint density at radius 3 is 2.65 bits per heavy atom. The zero-order chi connectivity index (χ0) is 12.8. The Labute approximate surface area is 102 Å². The van der Waals surface area contributed by atoms with Crippen LogP contribution in [0.4, 0.5) is 11.5 Å². The summed E-state index contributed by atoms with van der Waals surface area (Å²) in [4.78, 5) is 17.9. The summed E-state index contributed by atoms with van der Waals surface area (Å²) in [6, 6.07) is 3.70. The van der Waals surface area contributed by atoms with Crippen molar-refractivity contribution in [1.82, 2.24) is 4.98 Å².